The van der Waals surface area contributed by atoms with Crippen LogP contribution in [0.5, 0.6) is 0 Å². The molecule has 1 N–H and O–H groups in total. The Kier molecular flexibility index (Phi) is 2.84. The lowest BCUT2D eigenvalue weighted by Crippen LogP contribution is -2.11. The molecule has 102 valence electrons. The summed E-state index contributed by atoms with van der Waals surface area (Å²) in [6.07, 6.45) is -4.90. The van der Waals surface area contributed by atoms with Crippen LogP contribution in [0.15, 0.2) is 10.5 Å². The number of nitrogens with zero attached hydrogens (tertiary/aromatic N) is 3. The molecule has 0 saturated heterocycles. The van der Waals surface area contributed by atoms with Crippen LogP contribution in [0.2, 0.25) is 0 Å². The number of oxazole rings is 1. The molecule has 0 fully saturated rings. The second-order valence-corrected chi connectivity index (χ2v) is 3.79. The van der Waals surface area contributed by atoms with Crippen LogP contribution in [0.25, 0.3) is 11.6 Å². The van der Waals surface area contributed by atoms with Gasteiger partial charge < -0.3 is 9.52 Å². The topological polar surface area (TPSA) is 81.1 Å². The summed E-state index contributed by atoms with van der Waals surface area (Å²) in [7, 11) is 1.49. The predicted octanol–water partition coefficient (Wildman–Crippen LogP) is 2.10. The number of hydrogen-bond acceptors (Lipinski definition) is 4. The first-order chi connectivity index (χ1) is 8.70. The Balaban J connectivity index is 2.61. The first-order valence-electron chi connectivity index (χ1n) is 5.02. The number of aryl methyl sites for hydroxylation is 2. The van der Waals surface area contributed by atoms with E-state index in [-0.39, 0.29) is 5.69 Å². The highest BCUT2D eigenvalue weighted by Crippen LogP contribution is 2.34. The molecule has 0 bridgehead atoms. The number of hydrogen-bond donors (Lipinski definition) is 1. The van der Waals surface area contributed by atoms with E-state index in [2.05, 4.69) is 10.1 Å². The highest BCUT2D eigenvalue weighted by atomic mass is 19.4. The van der Waals surface area contributed by atoms with Crippen LogP contribution in [-0.4, -0.2) is 25.8 Å². The molecular formula is C10H8F3N3O3. The van der Waals surface area contributed by atoms with Crippen molar-refractivity contribution < 1.29 is 27.5 Å². The summed E-state index contributed by atoms with van der Waals surface area (Å²) in [6.45, 7) is 1.63. The molecule has 9 heteroatoms. The number of alkyl halides is 3. The van der Waals surface area contributed by atoms with Crippen LogP contribution in [-0.2, 0) is 13.2 Å². The lowest BCUT2D eigenvalue weighted by Gasteiger charge is -2.00. The van der Waals surface area contributed by atoms with Gasteiger partial charge in [-0.3, -0.25) is 4.68 Å². The lowest BCUT2D eigenvalue weighted by molar-refractivity contribution is -0.141. The first-order valence-corrected chi connectivity index (χ1v) is 5.02. The van der Waals surface area contributed by atoms with Gasteiger partial charge in [-0.05, 0) is 13.0 Å². The van der Waals surface area contributed by atoms with Gasteiger partial charge in [0.2, 0.25) is 11.7 Å². The number of halogens is 3. The van der Waals surface area contributed by atoms with Gasteiger partial charge in [0.05, 0.1) is 5.69 Å². The molecule has 6 nitrogen and oxygen atoms in total. The van der Waals surface area contributed by atoms with Crippen molar-refractivity contribution in [3.63, 3.8) is 0 Å². The Labute approximate surface area is 104 Å². The fourth-order valence-electron chi connectivity index (χ4n) is 1.58. The maximum Gasteiger partial charge on any atom is 0.437 e. The van der Waals surface area contributed by atoms with Gasteiger partial charge in [0.15, 0.2) is 5.69 Å². The van der Waals surface area contributed by atoms with Gasteiger partial charge in [-0.15, -0.1) is 0 Å². The number of aromatic nitrogens is 3. The quantitative estimate of drug-likeness (QED) is 0.907. The molecule has 0 spiro atoms. The van der Waals surface area contributed by atoms with E-state index < -0.39 is 29.5 Å². The van der Waals surface area contributed by atoms with E-state index >= 15 is 0 Å². The smallest absolute Gasteiger partial charge is 0.437 e. The first kappa shape index (κ1) is 13.1. The number of aromatic carboxylic acids is 1. The molecule has 0 aromatic carbocycles. The van der Waals surface area contributed by atoms with E-state index in [4.69, 9.17) is 9.52 Å². The third-order valence-electron chi connectivity index (χ3n) is 2.31. The van der Waals surface area contributed by atoms with Crippen molar-refractivity contribution in [2.45, 2.75) is 13.1 Å². The molecular weight excluding hydrogens is 267 g/mol. The van der Waals surface area contributed by atoms with Gasteiger partial charge in [-0.25, -0.2) is 9.78 Å². The van der Waals surface area contributed by atoms with Crippen LogP contribution in [0.1, 0.15) is 21.9 Å². The molecule has 0 aliphatic rings. The Morgan fingerprint density at radius 3 is 2.47 bits per heavy atom. The van der Waals surface area contributed by atoms with Gasteiger partial charge in [-0.2, -0.15) is 18.3 Å². The minimum Gasteiger partial charge on any atom is -0.475 e. The fraction of sp³-hybridized carbons (Fsp3) is 0.300. The van der Waals surface area contributed by atoms with Crippen molar-refractivity contribution >= 4 is 5.97 Å². The van der Waals surface area contributed by atoms with E-state index in [9.17, 15) is 18.0 Å². The molecule has 2 aromatic rings. The monoisotopic (exact) mass is 275 g/mol. The molecule has 2 aromatic heterocycles. The van der Waals surface area contributed by atoms with Crippen molar-refractivity contribution in [3.05, 3.63) is 23.2 Å². The molecule has 0 amide bonds. The van der Waals surface area contributed by atoms with Gasteiger partial charge >= 0.3 is 12.1 Å². The maximum atomic E-state index is 12.6. The second-order valence-electron chi connectivity index (χ2n) is 3.79. The second kappa shape index (κ2) is 4.11. The Morgan fingerprint density at radius 1 is 1.47 bits per heavy atom. The van der Waals surface area contributed by atoms with Crippen molar-refractivity contribution in [1.82, 2.24) is 14.8 Å². The average molecular weight is 275 g/mol. The van der Waals surface area contributed by atoms with E-state index in [1.165, 1.54) is 17.8 Å². The largest absolute Gasteiger partial charge is 0.475 e. The molecule has 2 heterocycles. The number of carboxylic acid groups (broad SMARTS) is 1. The lowest BCUT2D eigenvalue weighted by atomic mass is 10.3. The molecule has 19 heavy (non-hydrogen) atoms. The molecule has 0 atom stereocenters. The minimum absolute atomic E-state index is 0.163. The van der Waals surface area contributed by atoms with Crippen LogP contribution < -0.4 is 0 Å². The van der Waals surface area contributed by atoms with E-state index in [1.807, 2.05) is 0 Å². The van der Waals surface area contributed by atoms with Gasteiger partial charge in [-0.1, -0.05) is 0 Å². The average Bonchev–Trinajstić information content (AvgIpc) is 2.80. The molecule has 2 rings (SSSR count). The Bertz CT molecular complexity index is 642. The van der Waals surface area contributed by atoms with Crippen LogP contribution in [0, 0.1) is 6.92 Å². The summed E-state index contributed by atoms with van der Waals surface area (Å²) < 4.78 is 43.9. The van der Waals surface area contributed by atoms with E-state index in [1.54, 1.807) is 6.92 Å². The van der Waals surface area contributed by atoms with Crippen molar-refractivity contribution in [2.24, 2.45) is 7.05 Å². The van der Waals surface area contributed by atoms with Gasteiger partial charge in [0, 0.05) is 7.05 Å². The Morgan fingerprint density at radius 2 is 2.11 bits per heavy atom. The zero-order valence-electron chi connectivity index (χ0n) is 9.82. The van der Waals surface area contributed by atoms with Crippen LogP contribution in [0.4, 0.5) is 13.2 Å². The third kappa shape index (κ3) is 2.30. The van der Waals surface area contributed by atoms with Crippen molar-refractivity contribution in [1.29, 1.82) is 0 Å². The standard InChI is InChI=1S/C10H8F3N3O3/c1-4-3-5(16(2)15-4)8-14-7(10(11,12)13)6(19-8)9(17)18/h3H,1-2H3,(H,17,18). The van der Waals surface area contributed by atoms with E-state index in [0.29, 0.717) is 5.69 Å². The molecule has 0 saturated carbocycles. The predicted molar refractivity (Wildman–Crippen MR) is 55.4 cm³/mol. The molecule has 0 aliphatic heterocycles. The summed E-state index contributed by atoms with van der Waals surface area (Å²) in [4.78, 5) is 14.0. The highest BCUT2D eigenvalue weighted by Gasteiger charge is 2.41. The third-order valence-corrected chi connectivity index (χ3v) is 2.31. The van der Waals surface area contributed by atoms with Crippen molar-refractivity contribution in [2.75, 3.05) is 0 Å². The summed E-state index contributed by atoms with van der Waals surface area (Å²) in [6, 6.07) is 1.44. The SMILES string of the molecule is Cc1cc(-c2nc(C(F)(F)F)c(C(=O)O)o2)n(C)n1. The fourth-order valence-corrected chi connectivity index (χ4v) is 1.58. The van der Waals surface area contributed by atoms with Gasteiger partial charge in [0.1, 0.15) is 5.69 Å². The van der Waals surface area contributed by atoms with Crippen LogP contribution >= 0.6 is 0 Å². The zero-order valence-corrected chi connectivity index (χ0v) is 9.82. The van der Waals surface area contributed by atoms with Gasteiger partial charge in [0.25, 0.3) is 0 Å². The highest BCUT2D eigenvalue weighted by molar-refractivity contribution is 5.86. The number of carbonyl (C=O) groups is 1. The summed E-state index contributed by atoms with van der Waals surface area (Å²) >= 11 is 0. The summed E-state index contributed by atoms with van der Waals surface area (Å²) in [5.41, 5.74) is -0.856. The number of rotatable bonds is 2. The summed E-state index contributed by atoms with van der Waals surface area (Å²) in [5.74, 6) is -3.50. The van der Waals surface area contributed by atoms with Crippen molar-refractivity contribution in [3.8, 4) is 11.6 Å². The molecule has 0 unspecified atom stereocenters. The summed E-state index contributed by atoms with van der Waals surface area (Å²) in [5, 5.41) is 12.6. The Hall–Kier alpha value is -2.32. The normalized spacial score (nSPS) is 11.8. The molecule has 0 aliphatic carbocycles. The maximum absolute atomic E-state index is 12.6. The number of carboxylic acids is 1. The van der Waals surface area contributed by atoms with E-state index in [0.717, 1.165) is 0 Å². The minimum atomic E-state index is -4.90. The molecule has 0 radical (unpaired) electrons. The van der Waals surface area contributed by atoms with Crippen LogP contribution in [0.3, 0.4) is 0 Å². The zero-order chi connectivity index (χ0) is 14.4.